The van der Waals surface area contributed by atoms with Crippen LogP contribution in [-0.2, 0) is 0 Å². The summed E-state index contributed by atoms with van der Waals surface area (Å²) in [7, 11) is 2.17. The number of rotatable bonds is 5. The topological polar surface area (TPSA) is 6.48 Å². The predicted molar refractivity (Wildman–Crippen MR) is 138 cm³/mol. The molecule has 2 nitrogen and oxygen atoms in total. The Kier molecular flexibility index (Phi) is 5.51. The summed E-state index contributed by atoms with van der Waals surface area (Å²) in [5.41, 5.74) is 7.42. The fraction of sp³-hybridized carbons (Fsp3) is 0.133. The highest BCUT2D eigenvalue weighted by Gasteiger charge is 2.16. The van der Waals surface area contributed by atoms with E-state index in [4.69, 9.17) is 0 Å². The molecule has 0 bridgehead atoms. The van der Waals surface area contributed by atoms with Crippen LogP contribution in [0.5, 0.6) is 0 Å². The molecule has 32 heavy (non-hydrogen) atoms. The number of para-hydroxylation sites is 1. The molecule has 0 aromatic heterocycles. The van der Waals surface area contributed by atoms with Crippen LogP contribution in [0.3, 0.4) is 0 Å². The molecule has 0 radical (unpaired) electrons. The van der Waals surface area contributed by atoms with Crippen molar-refractivity contribution in [2.45, 2.75) is 19.8 Å². The summed E-state index contributed by atoms with van der Waals surface area (Å²) in [6, 6.07) is 34.6. The van der Waals surface area contributed by atoms with Crippen molar-refractivity contribution in [2.24, 2.45) is 0 Å². The number of benzene rings is 4. The maximum absolute atomic E-state index is 2.35. The Labute approximate surface area is 190 Å². The first kappa shape index (κ1) is 20.1. The summed E-state index contributed by atoms with van der Waals surface area (Å²) >= 11 is 0. The maximum Gasteiger partial charge on any atom is 0.0540 e. The van der Waals surface area contributed by atoms with Gasteiger partial charge in [-0.25, -0.2) is 0 Å². The van der Waals surface area contributed by atoms with E-state index in [-0.39, 0.29) is 0 Å². The van der Waals surface area contributed by atoms with Gasteiger partial charge in [0.05, 0.1) is 5.69 Å². The van der Waals surface area contributed by atoms with Gasteiger partial charge in [0.2, 0.25) is 0 Å². The van der Waals surface area contributed by atoms with Gasteiger partial charge < -0.3 is 9.80 Å². The van der Waals surface area contributed by atoms with Crippen molar-refractivity contribution in [2.75, 3.05) is 16.8 Å². The average Bonchev–Trinajstić information content (AvgIpc) is 2.85. The molecule has 0 spiro atoms. The molecule has 2 heteroatoms. The summed E-state index contributed by atoms with van der Waals surface area (Å²) < 4.78 is 0. The highest BCUT2D eigenvalue weighted by atomic mass is 15.1. The van der Waals surface area contributed by atoms with E-state index in [1.54, 1.807) is 0 Å². The Balaban J connectivity index is 1.57. The van der Waals surface area contributed by atoms with Crippen LogP contribution < -0.4 is 9.80 Å². The van der Waals surface area contributed by atoms with Crippen LogP contribution in [0, 0.1) is 0 Å². The Morgan fingerprint density at radius 3 is 2.09 bits per heavy atom. The van der Waals surface area contributed by atoms with E-state index >= 15 is 0 Å². The molecule has 0 saturated carbocycles. The molecule has 0 N–H and O–H groups in total. The highest BCUT2D eigenvalue weighted by molar-refractivity contribution is 5.98. The van der Waals surface area contributed by atoms with Crippen LogP contribution >= 0.6 is 0 Å². The molecule has 0 fully saturated rings. The zero-order chi connectivity index (χ0) is 21.9. The minimum Gasteiger partial charge on any atom is -0.348 e. The predicted octanol–water partition coefficient (Wildman–Crippen LogP) is 8.37. The molecule has 0 aliphatic heterocycles. The summed E-state index contributed by atoms with van der Waals surface area (Å²) in [4.78, 5) is 4.66. The lowest BCUT2D eigenvalue weighted by Crippen LogP contribution is -2.18. The second-order valence-corrected chi connectivity index (χ2v) is 8.37. The Hall–Kier alpha value is -3.78. The fourth-order valence-electron chi connectivity index (χ4n) is 4.50. The molecular weight excluding hydrogens is 388 g/mol. The van der Waals surface area contributed by atoms with Crippen molar-refractivity contribution in [3.05, 3.63) is 120 Å². The van der Waals surface area contributed by atoms with Gasteiger partial charge in [0.15, 0.2) is 0 Å². The van der Waals surface area contributed by atoms with Crippen LogP contribution in [0.25, 0.3) is 10.8 Å². The Morgan fingerprint density at radius 1 is 0.656 bits per heavy atom. The smallest absolute Gasteiger partial charge is 0.0540 e. The second kappa shape index (κ2) is 8.76. The minimum absolute atomic E-state index is 1.09. The van der Waals surface area contributed by atoms with E-state index in [1.165, 1.54) is 33.4 Å². The van der Waals surface area contributed by atoms with Crippen molar-refractivity contribution < 1.29 is 0 Å². The zero-order valence-corrected chi connectivity index (χ0v) is 18.7. The van der Waals surface area contributed by atoms with Gasteiger partial charge in [-0.2, -0.15) is 0 Å². The largest absolute Gasteiger partial charge is 0.348 e. The van der Waals surface area contributed by atoms with Crippen molar-refractivity contribution in [1.82, 2.24) is 0 Å². The molecule has 0 atom stereocenters. The van der Waals surface area contributed by atoms with E-state index in [1.807, 2.05) is 0 Å². The van der Waals surface area contributed by atoms with Gasteiger partial charge in [-0.15, -0.1) is 0 Å². The lowest BCUT2D eigenvalue weighted by molar-refractivity contribution is 0.885. The standard InChI is InChI=1S/C30H28N2/c1-23-10-8-15-28(22-23)31(2)25-18-20-27(21-19-25)32(26-13-4-3-5-14-26)30-17-9-12-24-11-6-7-16-29(24)30/h3-7,9-14,16-22H,8,15H2,1-2H3. The van der Waals surface area contributed by atoms with Crippen molar-refractivity contribution in [1.29, 1.82) is 0 Å². The molecule has 0 saturated heterocycles. The number of fused-ring (bicyclic) bond motifs is 1. The number of nitrogens with zero attached hydrogens (tertiary/aromatic N) is 2. The lowest BCUT2D eigenvalue weighted by atomic mass is 10.0. The molecule has 0 amide bonds. The van der Waals surface area contributed by atoms with Gasteiger partial charge in [0.1, 0.15) is 0 Å². The minimum atomic E-state index is 1.09. The number of allylic oxidation sites excluding steroid dienone is 4. The van der Waals surface area contributed by atoms with Crippen molar-refractivity contribution in [3.8, 4) is 0 Å². The van der Waals surface area contributed by atoms with Crippen LogP contribution in [0.4, 0.5) is 22.7 Å². The number of anilines is 4. The third kappa shape index (κ3) is 3.92. The molecule has 1 aliphatic carbocycles. The third-order valence-electron chi connectivity index (χ3n) is 6.21. The third-order valence-corrected chi connectivity index (χ3v) is 6.21. The molecule has 158 valence electrons. The van der Waals surface area contributed by atoms with Crippen molar-refractivity contribution in [3.63, 3.8) is 0 Å². The van der Waals surface area contributed by atoms with E-state index in [2.05, 4.69) is 133 Å². The Morgan fingerprint density at radius 2 is 1.31 bits per heavy atom. The zero-order valence-electron chi connectivity index (χ0n) is 18.7. The van der Waals surface area contributed by atoms with E-state index < -0.39 is 0 Å². The second-order valence-electron chi connectivity index (χ2n) is 8.37. The SMILES string of the molecule is CC1=CCCC(N(C)c2ccc(N(c3ccccc3)c3cccc4ccccc34)cc2)=C1. The van der Waals surface area contributed by atoms with Crippen LogP contribution in [-0.4, -0.2) is 7.05 Å². The highest BCUT2D eigenvalue weighted by Crippen LogP contribution is 2.39. The summed E-state index contributed by atoms with van der Waals surface area (Å²) in [6.45, 7) is 2.18. The first-order chi connectivity index (χ1) is 15.7. The molecular formula is C30H28N2. The molecule has 1 aliphatic rings. The van der Waals surface area contributed by atoms with Crippen LogP contribution in [0.15, 0.2) is 120 Å². The number of hydrogen-bond acceptors (Lipinski definition) is 2. The van der Waals surface area contributed by atoms with Gasteiger partial charge in [-0.1, -0.05) is 66.2 Å². The molecule has 5 rings (SSSR count). The van der Waals surface area contributed by atoms with Gasteiger partial charge in [0.25, 0.3) is 0 Å². The molecule has 4 aromatic carbocycles. The molecule has 0 heterocycles. The van der Waals surface area contributed by atoms with Crippen LogP contribution in [0.1, 0.15) is 19.8 Å². The average molecular weight is 417 g/mol. The Bertz CT molecular complexity index is 1280. The quantitative estimate of drug-likeness (QED) is 0.322. The normalized spacial score (nSPS) is 13.4. The molecule has 0 unspecified atom stereocenters. The summed E-state index contributed by atoms with van der Waals surface area (Å²) in [5.74, 6) is 0. The maximum atomic E-state index is 2.35. The van der Waals surface area contributed by atoms with Gasteiger partial charge >= 0.3 is 0 Å². The first-order valence-corrected chi connectivity index (χ1v) is 11.2. The first-order valence-electron chi connectivity index (χ1n) is 11.2. The number of hydrogen-bond donors (Lipinski definition) is 0. The fourth-order valence-corrected chi connectivity index (χ4v) is 4.50. The van der Waals surface area contributed by atoms with E-state index in [0.717, 1.165) is 24.2 Å². The van der Waals surface area contributed by atoms with Gasteiger partial charge in [-0.05, 0) is 73.7 Å². The van der Waals surface area contributed by atoms with Gasteiger partial charge in [-0.3, -0.25) is 0 Å². The van der Waals surface area contributed by atoms with E-state index in [9.17, 15) is 0 Å². The summed E-state index contributed by atoms with van der Waals surface area (Å²) in [6.07, 6.45) is 6.80. The van der Waals surface area contributed by atoms with Gasteiger partial charge in [0, 0.05) is 35.2 Å². The molecule has 4 aromatic rings. The monoisotopic (exact) mass is 416 g/mol. The van der Waals surface area contributed by atoms with E-state index in [0.29, 0.717) is 0 Å². The lowest BCUT2D eigenvalue weighted by Gasteiger charge is -2.28. The van der Waals surface area contributed by atoms with Crippen molar-refractivity contribution >= 4 is 33.5 Å². The summed E-state index contributed by atoms with van der Waals surface area (Å²) in [5, 5.41) is 2.49. The van der Waals surface area contributed by atoms with Crippen LogP contribution in [0.2, 0.25) is 0 Å².